The Balaban J connectivity index is 0.936. The molecule has 9 fully saturated rings. The third-order valence-electron chi connectivity index (χ3n) is 21.3. The van der Waals surface area contributed by atoms with E-state index in [4.69, 9.17) is 80.5 Å². The number of carboxylic acids is 1. The van der Waals surface area contributed by atoms with Crippen LogP contribution in [0.3, 0.4) is 0 Å². The second-order valence-corrected chi connectivity index (χ2v) is 29.6. The normalized spacial score (nSPS) is 47.6. The summed E-state index contributed by atoms with van der Waals surface area (Å²) in [4.78, 5) is 63.8. The molecule has 31 N–H and O–H groups in total. The molecule has 46 atom stereocenters. The lowest BCUT2D eigenvalue weighted by molar-refractivity contribution is -0.386. The highest BCUT2D eigenvalue weighted by atomic mass is 16.8. The summed E-state index contributed by atoms with van der Waals surface area (Å²) in [6.45, 7) is -6.31. The lowest BCUT2D eigenvalue weighted by Gasteiger charge is -2.50. The largest absolute Gasteiger partial charge is 0.477 e. The summed E-state index contributed by atoms with van der Waals surface area (Å²) < 4.78 is 98.8. The zero-order chi connectivity index (χ0) is 87.3. The van der Waals surface area contributed by atoms with Crippen molar-refractivity contribution in [3.63, 3.8) is 0 Å². The van der Waals surface area contributed by atoms with Crippen molar-refractivity contribution in [2.75, 3.05) is 59.5 Å². The third kappa shape index (κ3) is 21.4. The summed E-state index contributed by atoms with van der Waals surface area (Å²) in [6.07, 6.45) is -87.1. The van der Waals surface area contributed by atoms with Crippen LogP contribution in [0.15, 0.2) is 0 Å². The summed E-state index contributed by atoms with van der Waals surface area (Å²) in [5, 5.41) is 306. The quantitative estimate of drug-likeness (QED) is 0.0297. The van der Waals surface area contributed by atoms with E-state index in [1.165, 1.54) is 0 Å². The Morgan fingerprint density at radius 1 is 0.347 bits per heavy atom. The van der Waals surface area contributed by atoms with Crippen molar-refractivity contribution in [1.82, 2.24) is 21.3 Å². The Bertz CT molecular complexity index is 3210. The van der Waals surface area contributed by atoms with Crippen LogP contribution in [0.1, 0.15) is 34.1 Å². The van der Waals surface area contributed by atoms with E-state index in [0.29, 0.717) is 0 Å². The molecule has 9 saturated heterocycles. The van der Waals surface area contributed by atoms with Crippen LogP contribution in [-0.2, 0) is 104 Å². The van der Waals surface area contributed by atoms with Gasteiger partial charge in [0.15, 0.2) is 50.3 Å². The highest BCUT2D eigenvalue weighted by Crippen LogP contribution is 2.41. The molecule has 0 aromatic carbocycles. The van der Waals surface area contributed by atoms with Crippen molar-refractivity contribution in [1.29, 1.82) is 0 Å². The van der Waals surface area contributed by atoms with Gasteiger partial charge in [0.1, 0.15) is 213 Å². The Hall–Kier alpha value is -4.37. The van der Waals surface area contributed by atoms with Gasteiger partial charge >= 0.3 is 5.97 Å². The van der Waals surface area contributed by atoms with E-state index in [9.17, 15) is 162 Å². The van der Waals surface area contributed by atoms with Crippen molar-refractivity contribution in [3.8, 4) is 0 Å². The van der Waals surface area contributed by atoms with E-state index in [1.54, 1.807) is 0 Å². The van der Waals surface area contributed by atoms with E-state index in [0.717, 1.165) is 27.7 Å². The first-order valence-electron chi connectivity index (χ1n) is 37.3. The molecule has 9 aliphatic heterocycles. The fraction of sp³-hybridized carbons (Fsp3) is 0.923. The molecular weight excluding hydrogens is 1620 g/mol. The van der Waals surface area contributed by atoms with Crippen LogP contribution in [0.25, 0.3) is 0 Å². The maximum atomic E-state index is 13.1. The standard InChI is InChI=1S/C65H108N4O49/c1-15(77)66-29-19(81)5-65(64(100)101,118-53(29)33(83)20(82)6-70)103-14-28-35(85)42(92)46(96)61(111-28)113-51-26(12-76)109-59(32(40(51)90)69-18(4)80)117-55-37(87)27(110-63(48(55)98)115-52-23(9-73)104-56(99)44(94)43(52)93)13-102-57-30(67-16(2)78)38(88)49(24(10-74)107-57)114-62-47(97)54(36(86)22(8-72)106-62)116-58-31(68-17(3)79)39(89)50(25(11-75)108-58)112-60-45(95)41(91)34(84)21(7-71)105-60/h19-63,70-76,81-99H,5-14H2,1-4H3,(H,66,77)(H,67,78)(H,68,79)(H,69,80)(H,100,101)/t19-,20+,21+,22+,23+,24+,25+,26+,27+,28+,29+,30+,31+,32+,33+,34-,35-,36-,37-,38+,39+,40+,41-,42-,43+,44+,45+,46+,47+,48+,49+,50+,51+,52+,53+,54-,55-,56?,57+,58?,59-,60-,61-,62-,63-,65+/m0/s1. The molecule has 682 valence electrons. The van der Waals surface area contributed by atoms with E-state index < -0.39 is 377 Å². The summed E-state index contributed by atoms with van der Waals surface area (Å²) in [7, 11) is 0. The Labute approximate surface area is 666 Å². The molecule has 4 amide bonds. The van der Waals surface area contributed by atoms with Gasteiger partial charge in [-0.2, -0.15) is 0 Å². The van der Waals surface area contributed by atoms with Crippen molar-refractivity contribution in [3.05, 3.63) is 0 Å². The number of nitrogens with one attached hydrogen (secondary N) is 4. The first-order valence-corrected chi connectivity index (χ1v) is 37.3. The number of aliphatic hydroxyl groups is 26. The molecule has 53 heteroatoms. The first-order chi connectivity index (χ1) is 55.6. The molecule has 2 unspecified atom stereocenters. The second-order valence-electron chi connectivity index (χ2n) is 29.6. The van der Waals surface area contributed by atoms with Gasteiger partial charge < -0.3 is 240 Å². The first kappa shape index (κ1) is 97.4. The van der Waals surface area contributed by atoms with Crippen molar-refractivity contribution >= 4 is 29.6 Å². The molecule has 53 nitrogen and oxygen atoms in total. The Morgan fingerprint density at radius 2 is 0.669 bits per heavy atom. The highest BCUT2D eigenvalue weighted by Gasteiger charge is 2.62. The smallest absolute Gasteiger partial charge is 0.364 e. The van der Waals surface area contributed by atoms with E-state index in [2.05, 4.69) is 21.3 Å². The predicted molar refractivity (Wildman–Crippen MR) is 361 cm³/mol. The van der Waals surface area contributed by atoms with Gasteiger partial charge in [0, 0.05) is 34.1 Å². The zero-order valence-corrected chi connectivity index (χ0v) is 63.1. The van der Waals surface area contributed by atoms with E-state index in [-0.39, 0.29) is 0 Å². The minimum absolute atomic E-state index is 0.834. The van der Waals surface area contributed by atoms with Gasteiger partial charge in [-0.3, -0.25) is 19.2 Å². The Kier molecular flexibility index (Phi) is 34.7. The minimum Gasteiger partial charge on any atom is -0.477 e. The highest BCUT2D eigenvalue weighted by molar-refractivity contribution is 5.77. The van der Waals surface area contributed by atoms with Crippen LogP contribution in [0, 0.1) is 0 Å². The summed E-state index contributed by atoms with van der Waals surface area (Å²) in [6, 6.07) is -7.45. The molecule has 0 saturated carbocycles. The average Bonchev–Trinajstić information content (AvgIpc) is 0.457. The molecule has 9 heterocycles. The van der Waals surface area contributed by atoms with Crippen molar-refractivity contribution < 1.29 is 242 Å². The predicted octanol–water partition coefficient (Wildman–Crippen LogP) is -20.8. The van der Waals surface area contributed by atoms with Crippen LogP contribution >= 0.6 is 0 Å². The number of rotatable bonds is 32. The molecule has 9 aliphatic rings. The molecule has 0 aromatic heterocycles. The van der Waals surface area contributed by atoms with Crippen LogP contribution in [0.4, 0.5) is 0 Å². The molecule has 0 spiro atoms. The number of carbonyl (C=O) groups excluding carboxylic acids is 4. The zero-order valence-electron chi connectivity index (χ0n) is 63.1. The maximum absolute atomic E-state index is 13.1. The number of aliphatic carboxylic acids is 1. The number of ether oxygens (including phenoxy) is 17. The lowest BCUT2D eigenvalue weighted by atomic mass is 9.88. The van der Waals surface area contributed by atoms with Crippen molar-refractivity contribution in [2.24, 2.45) is 0 Å². The van der Waals surface area contributed by atoms with Gasteiger partial charge in [-0.25, -0.2) is 4.79 Å². The molecule has 118 heavy (non-hydrogen) atoms. The van der Waals surface area contributed by atoms with Crippen LogP contribution in [0.5, 0.6) is 0 Å². The van der Waals surface area contributed by atoms with Gasteiger partial charge in [-0.15, -0.1) is 0 Å². The molecule has 9 rings (SSSR count). The number of aliphatic hydroxyl groups excluding tert-OH is 26. The molecule has 0 aromatic rings. The fourth-order valence-electron chi connectivity index (χ4n) is 15.1. The van der Waals surface area contributed by atoms with Crippen molar-refractivity contribution in [2.45, 2.75) is 316 Å². The minimum atomic E-state index is -3.07. The third-order valence-corrected chi connectivity index (χ3v) is 21.3. The topological polar surface area (TPSA) is 837 Å². The summed E-state index contributed by atoms with van der Waals surface area (Å²) in [5.74, 6) is -8.80. The number of carboxylic acid groups (broad SMARTS) is 1. The van der Waals surface area contributed by atoms with E-state index >= 15 is 0 Å². The molecular formula is C65H108N4O49. The van der Waals surface area contributed by atoms with Gasteiger partial charge in [-0.1, -0.05) is 0 Å². The van der Waals surface area contributed by atoms with Crippen LogP contribution in [0.2, 0.25) is 0 Å². The number of amides is 4. The number of hydrogen-bond acceptors (Lipinski definition) is 48. The molecule has 0 aliphatic carbocycles. The van der Waals surface area contributed by atoms with Gasteiger partial charge in [0.2, 0.25) is 23.6 Å². The van der Waals surface area contributed by atoms with Gasteiger partial charge in [-0.05, 0) is 0 Å². The monoisotopic (exact) mass is 1730 g/mol. The Morgan fingerprint density at radius 3 is 1.07 bits per heavy atom. The summed E-state index contributed by atoms with van der Waals surface area (Å²) >= 11 is 0. The number of carbonyl (C=O) groups is 5. The SMILES string of the molecule is CC(=O)N[C@H]1[C@H](O[C@H]2[C@@H](O)[C@@H](CO[C@@H]3O[C@H](CO)[C@@H](O[C@@H]4O[C@H](CO)[C@H](O)[C@H](OC5O[C@H](CO)[C@@H](O[C@@H]6O[C@H](CO)[C@H](O)[C@H](O)[C@H]6O)[C@H](O)[C@H]5NC(C)=O)[C@H]4O)[C@H](O)[C@H]3NC(C)=O)O[C@@H](O[C@H]3[C@H](O)[C@@H](O)C(O)O[C@@H]3CO)[C@@H]2O)O[C@H](CO)[C@@H](O[C@@H]2O[C@H](CO[C@]3(C(=O)O)C[C@H](O)[C@@H](NC(C)=O)[C@H]([C@H](O)[C@H](O)CO)O3)[C@H](O)[C@H](O)[C@H]2O)[C@@H]1O. The van der Waals surface area contributed by atoms with E-state index in [1.807, 2.05) is 0 Å². The van der Waals surface area contributed by atoms with Crippen LogP contribution < -0.4 is 21.3 Å². The summed E-state index contributed by atoms with van der Waals surface area (Å²) in [5.41, 5.74) is 0. The fourth-order valence-corrected chi connectivity index (χ4v) is 15.1. The lowest BCUT2D eigenvalue weighted by Crippen LogP contribution is -2.70. The molecule has 0 radical (unpaired) electrons. The number of hydrogen-bond donors (Lipinski definition) is 31. The van der Waals surface area contributed by atoms with Gasteiger partial charge in [0.05, 0.1) is 71.6 Å². The van der Waals surface area contributed by atoms with Gasteiger partial charge in [0.25, 0.3) is 5.79 Å². The second kappa shape index (κ2) is 42.1. The van der Waals surface area contributed by atoms with Crippen LogP contribution in [-0.4, -0.2) is 509 Å². The maximum Gasteiger partial charge on any atom is 0.364 e. The average molecular weight is 1730 g/mol. The molecule has 0 bridgehead atoms.